The first-order valence-corrected chi connectivity index (χ1v) is 7.84. The van der Waals surface area contributed by atoms with E-state index in [4.69, 9.17) is 23.2 Å². The van der Waals surface area contributed by atoms with E-state index >= 15 is 0 Å². The molecule has 0 aliphatic carbocycles. The van der Waals surface area contributed by atoms with Crippen LogP contribution in [-0.2, 0) is 10.0 Å². The topological polar surface area (TPSA) is 89.3 Å². The Morgan fingerprint density at radius 2 is 2.05 bits per heavy atom. The maximum absolute atomic E-state index is 11.7. The first kappa shape index (κ1) is 16.0. The molecule has 1 rings (SSSR count). The van der Waals surface area contributed by atoms with E-state index in [1.54, 1.807) is 6.92 Å². The van der Waals surface area contributed by atoms with Gasteiger partial charge >= 0.3 is 0 Å². The number of nitro groups is 1. The number of benzene rings is 1. The van der Waals surface area contributed by atoms with Crippen LogP contribution in [0, 0.1) is 17.0 Å². The average molecular weight is 327 g/mol. The molecule has 0 aliphatic heterocycles. The van der Waals surface area contributed by atoms with E-state index in [9.17, 15) is 18.5 Å². The molecule has 0 aliphatic rings. The van der Waals surface area contributed by atoms with Crippen LogP contribution in [0.1, 0.15) is 12.0 Å². The molecule has 0 fully saturated rings. The molecular formula is C10H12Cl2N2O4S. The second-order valence-electron chi connectivity index (χ2n) is 3.84. The summed E-state index contributed by atoms with van der Waals surface area (Å²) in [6.45, 7) is 1.56. The molecule has 0 saturated carbocycles. The Morgan fingerprint density at radius 3 is 2.58 bits per heavy atom. The molecule has 0 amide bonds. The normalized spacial score (nSPS) is 11.3. The van der Waals surface area contributed by atoms with Crippen LogP contribution in [0.3, 0.4) is 0 Å². The summed E-state index contributed by atoms with van der Waals surface area (Å²) in [5.74, 6) is 0.117. The molecule has 9 heteroatoms. The molecule has 0 bridgehead atoms. The molecule has 0 heterocycles. The second kappa shape index (κ2) is 6.40. The lowest BCUT2D eigenvalue weighted by Gasteiger charge is -2.10. The lowest BCUT2D eigenvalue weighted by atomic mass is 10.2. The molecule has 1 aromatic carbocycles. The van der Waals surface area contributed by atoms with Crippen molar-refractivity contribution in [3.05, 3.63) is 32.8 Å². The zero-order valence-corrected chi connectivity index (χ0v) is 12.3. The summed E-state index contributed by atoms with van der Waals surface area (Å²) in [5, 5.41) is 10.6. The van der Waals surface area contributed by atoms with Crippen LogP contribution < -0.4 is 4.72 Å². The summed E-state index contributed by atoms with van der Waals surface area (Å²) < 4.78 is 25.7. The molecule has 1 N–H and O–H groups in total. The summed E-state index contributed by atoms with van der Waals surface area (Å²) >= 11 is 11.2. The quantitative estimate of drug-likeness (QED) is 0.494. The summed E-state index contributed by atoms with van der Waals surface area (Å²) in [5.41, 5.74) is 0.388. The molecule has 0 radical (unpaired) electrons. The number of sulfonamides is 1. The SMILES string of the molecule is Cc1cc([N+](=O)[O-])c(Cl)cc1NS(=O)(=O)CCCCl. The zero-order chi connectivity index (χ0) is 14.6. The number of anilines is 1. The van der Waals surface area contributed by atoms with Gasteiger partial charge in [-0.2, -0.15) is 0 Å². The number of hydrogen-bond acceptors (Lipinski definition) is 4. The van der Waals surface area contributed by atoms with Crippen molar-refractivity contribution in [2.45, 2.75) is 13.3 Å². The highest BCUT2D eigenvalue weighted by molar-refractivity contribution is 7.92. The van der Waals surface area contributed by atoms with Gasteiger partial charge in [-0.05, 0) is 25.0 Å². The van der Waals surface area contributed by atoms with Crippen molar-refractivity contribution in [3.8, 4) is 0 Å². The summed E-state index contributed by atoms with van der Waals surface area (Å²) in [6.07, 6.45) is 0.316. The maximum Gasteiger partial charge on any atom is 0.288 e. The van der Waals surface area contributed by atoms with Gasteiger partial charge in [-0.3, -0.25) is 14.8 Å². The molecule has 6 nitrogen and oxygen atoms in total. The smallest absolute Gasteiger partial charge is 0.283 e. The Balaban J connectivity index is 3.03. The summed E-state index contributed by atoms with van der Waals surface area (Å²) in [6, 6.07) is 2.45. The predicted octanol–water partition coefficient (Wildman–Crippen LogP) is 2.93. The van der Waals surface area contributed by atoms with E-state index in [0.29, 0.717) is 12.0 Å². The highest BCUT2D eigenvalue weighted by Crippen LogP contribution is 2.31. The van der Waals surface area contributed by atoms with Crippen LogP contribution in [0.4, 0.5) is 11.4 Å². The number of aryl methyl sites for hydroxylation is 1. The number of hydrogen-bond donors (Lipinski definition) is 1. The van der Waals surface area contributed by atoms with Gasteiger partial charge < -0.3 is 0 Å². The van der Waals surface area contributed by atoms with Crippen LogP contribution in [0.25, 0.3) is 0 Å². The van der Waals surface area contributed by atoms with Crippen LogP contribution in [0.2, 0.25) is 5.02 Å². The van der Waals surface area contributed by atoms with Gasteiger partial charge in [0.25, 0.3) is 5.69 Å². The van der Waals surface area contributed by atoms with E-state index in [1.807, 2.05) is 0 Å². The third-order valence-electron chi connectivity index (χ3n) is 2.30. The average Bonchev–Trinajstić information content (AvgIpc) is 2.30. The van der Waals surface area contributed by atoms with Crippen molar-refractivity contribution < 1.29 is 13.3 Å². The Hall–Kier alpha value is -1.05. The molecule has 1 aromatic rings. The molecule has 0 atom stereocenters. The lowest BCUT2D eigenvalue weighted by molar-refractivity contribution is -0.384. The van der Waals surface area contributed by atoms with Gasteiger partial charge in [-0.15, -0.1) is 11.6 Å². The number of halogens is 2. The van der Waals surface area contributed by atoms with Gasteiger partial charge in [0.2, 0.25) is 10.0 Å². The standard InChI is InChI=1S/C10H12Cl2N2O4S/c1-7-5-10(14(15)16)8(12)6-9(7)13-19(17,18)4-2-3-11/h5-6,13H,2-4H2,1H3. The number of nitro benzene ring substituents is 1. The van der Waals surface area contributed by atoms with Crippen LogP contribution in [0.5, 0.6) is 0 Å². The van der Waals surface area contributed by atoms with E-state index in [1.165, 1.54) is 12.1 Å². The maximum atomic E-state index is 11.7. The van der Waals surface area contributed by atoms with Gasteiger partial charge in [0.05, 0.1) is 16.4 Å². The van der Waals surface area contributed by atoms with E-state index in [0.717, 1.165) is 0 Å². The molecule has 0 spiro atoms. The summed E-state index contributed by atoms with van der Waals surface area (Å²) in [4.78, 5) is 10.1. The van der Waals surface area contributed by atoms with Crippen molar-refractivity contribution in [2.75, 3.05) is 16.4 Å². The van der Waals surface area contributed by atoms with Crippen molar-refractivity contribution in [2.24, 2.45) is 0 Å². The Bertz CT molecular complexity index is 589. The van der Waals surface area contributed by atoms with Crippen molar-refractivity contribution in [3.63, 3.8) is 0 Å². The van der Waals surface area contributed by atoms with Crippen molar-refractivity contribution >= 4 is 44.6 Å². The highest BCUT2D eigenvalue weighted by atomic mass is 35.5. The minimum atomic E-state index is -3.53. The fraction of sp³-hybridized carbons (Fsp3) is 0.400. The third-order valence-corrected chi connectivity index (χ3v) is 4.23. The van der Waals surface area contributed by atoms with Gasteiger partial charge in [0.1, 0.15) is 5.02 Å². The van der Waals surface area contributed by atoms with Gasteiger partial charge in [-0.25, -0.2) is 8.42 Å². The Labute approximate surface area is 120 Å². The first-order chi connectivity index (χ1) is 8.76. The van der Waals surface area contributed by atoms with Crippen LogP contribution in [0.15, 0.2) is 12.1 Å². The predicted molar refractivity (Wildman–Crippen MR) is 75.6 cm³/mol. The van der Waals surface area contributed by atoms with Crippen molar-refractivity contribution in [1.82, 2.24) is 0 Å². The number of alkyl halides is 1. The first-order valence-electron chi connectivity index (χ1n) is 5.28. The molecular weight excluding hydrogens is 315 g/mol. The summed E-state index contributed by atoms with van der Waals surface area (Å²) in [7, 11) is -3.53. The second-order valence-corrected chi connectivity index (χ2v) is 6.47. The Kier molecular flexibility index (Phi) is 5.39. The third kappa shape index (κ3) is 4.52. The number of nitrogens with zero attached hydrogens (tertiary/aromatic N) is 1. The fourth-order valence-electron chi connectivity index (χ4n) is 1.38. The monoisotopic (exact) mass is 326 g/mol. The highest BCUT2D eigenvalue weighted by Gasteiger charge is 2.18. The fourth-order valence-corrected chi connectivity index (χ4v) is 3.09. The molecule has 0 aromatic heterocycles. The van der Waals surface area contributed by atoms with Crippen molar-refractivity contribution in [1.29, 1.82) is 0 Å². The van der Waals surface area contributed by atoms with E-state index in [-0.39, 0.29) is 28.0 Å². The molecule has 106 valence electrons. The minimum Gasteiger partial charge on any atom is -0.283 e. The lowest BCUT2D eigenvalue weighted by Crippen LogP contribution is -2.17. The van der Waals surface area contributed by atoms with Crippen LogP contribution in [-0.4, -0.2) is 25.0 Å². The van der Waals surface area contributed by atoms with Gasteiger partial charge in [0, 0.05) is 11.9 Å². The minimum absolute atomic E-state index is 0.120. The van der Waals surface area contributed by atoms with E-state index in [2.05, 4.69) is 4.72 Å². The van der Waals surface area contributed by atoms with Gasteiger partial charge in [0.15, 0.2) is 0 Å². The molecule has 0 saturated heterocycles. The number of rotatable bonds is 6. The largest absolute Gasteiger partial charge is 0.288 e. The van der Waals surface area contributed by atoms with Crippen LogP contribution >= 0.6 is 23.2 Å². The van der Waals surface area contributed by atoms with E-state index < -0.39 is 14.9 Å². The molecule has 0 unspecified atom stereocenters. The molecule has 19 heavy (non-hydrogen) atoms. The number of nitrogens with one attached hydrogen (secondary N) is 1. The zero-order valence-electron chi connectivity index (χ0n) is 10.0. The van der Waals surface area contributed by atoms with Gasteiger partial charge in [-0.1, -0.05) is 11.6 Å². The Morgan fingerprint density at radius 1 is 1.42 bits per heavy atom.